The van der Waals surface area contributed by atoms with Gasteiger partial charge in [0, 0.05) is 18.5 Å². The first kappa shape index (κ1) is 15.1. The van der Waals surface area contributed by atoms with Crippen LogP contribution in [0.25, 0.3) is 0 Å². The monoisotopic (exact) mass is 306 g/mol. The lowest BCUT2D eigenvalue weighted by atomic mass is 10.0. The first-order chi connectivity index (χ1) is 11.2. The third kappa shape index (κ3) is 2.91. The van der Waals surface area contributed by atoms with E-state index in [1.165, 1.54) is 0 Å². The summed E-state index contributed by atoms with van der Waals surface area (Å²) in [4.78, 5) is 14.6. The number of nitrogens with zero attached hydrogens (tertiary/aromatic N) is 2. The highest BCUT2D eigenvalue weighted by Gasteiger charge is 2.35. The molecule has 2 aromatic carbocycles. The zero-order chi connectivity index (χ0) is 16.2. The van der Waals surface area contributed by atoms with Crippen molar-refractivity contribution in [2.45, 2.75) is 25.4 Å². The van der Waals surface area contributed by atoms with Gasteiger partial charge in [0.2, 0.25) is 0 Å². The number of ether oxygens (including phenoxy) is 1. The summed E-state index contributed by atoms with van der Waals surface area (Å²) < 4.78 is 5.17. The molecular weight excluding hydrogens is 288 g/mol. The summed E-state index contributed by atoms with van der Waals surface area (Å²) in [5.41, 5.74) is 2.83. The molecule has 0 radical (unpaired) electrons. The molecule has 23 heavy (non-hydrogen) atoms. The Labute approximate surface area is 135 Å². The van der Waals surface area contributed by atoms with E-state index in [-0.39, 0.29) is 11.9 Å². The molecular formula is C19H18N2O2. The quantitative estimate of drug-likeness (QED) is 0.846. The first-order valence-electron chi connectivity index (χ1n) is 7.64. The van der Waals surface area contributed by atoms with Gasteiger partial charge >= 0.3 is 0 Å². The second-order valence-corrected chi connectivity index (χ2v) is 5.58. The number of carbonyl (C=O) groups is 1. The molecule has 1 amide bonds. The van der Waals surface area contributed by atoms with E-state index in [1.54, 1.807) is 7.11 Å². The van der Waals surface area contributed by atoms with Crippen molar-refractivity contribution in [2.24, 2.45) is 0 Å². The molecule has 4 heteroatoms. The lowest BCUT2D eigenvalue weighted by Crippen LogP contribution is -2.27. The van der Waals surface area contributed by atoms with Crippen molar-refractivity contribution in [2.75, 3.05) is 7.11 Å². The van der Waals surface area contributed by atoms with Gasteiger partial charge in [0.15, 0.2) is 0 Å². The Hall–Kier alpha value is -2.80. The fraction of sp³-hybridized carbons (Fsp3) is 0.263. The van der Waals surface area contributed by atoms with E-state index < -0.39 is 0 Å². The molecule has 0 aliphatic carbocycles. The van der Waals surface area contributed by atoms with E-state index in [9.17, 15) is 4.79 Å². The van der Waals surface area contributed by atoms with Crippen LogP contribution in [0.4, 0.5) is 0 Å². The van der Waals surface area contributed by atoms with Crippen molar-refractivity contribution >= 4 is 5.91 Å². The third-order valence-corrected chi connectivity index (χ3v) is 4.23. The van der Waals surface area contributed by atoms with Crippen LogP contribution in [0.3, 0.4) is 0 Å². The van der Waals surface area contributed by atoms with Crippen molar-refractivity contribution in [3.63, 3.8) is 0 Å². The average molecular weight is 306 g/mol. The molecule has 2 aromatic rings. The molecule has 0 bridgehead atoms. The van der Waals surface area contributed by atoms with Crippen LogP contribution in [0, 0.1) is 11.3 Å². The van der Waals surface area contributed by atoms with Gasteiger partial charge in [0.05, 0.1) is 19.2 Å². The number of benzene rings is 2. The molecule has 0 aromatic heterocycles. The molecule has 116 valence electrons. The molecule has 1 heterocycles. The number of hydrogen-bond acceptors (Lipinski definition) is 3. The average Bonchev–Trinajstić information content (AvgIpc) is 2.86. The zero-order valence-corrected chi connectivity index (χ0v) is 13.0. The number of hydrogen-bond donors (Lipinski definition) is 0. The number of nitriles is 1. The minimum absolute atomic E-state index is 0.0274. The van der Waals surface area contributed by atoms with Gasteiger partial charge in [-0.1, -0.05) is 30.3 Å². The van der Waals surface area contributed by atoms with Crippen molar-refractivity contribution in [1.82, 2.24) is 4.90 Å². The fourth-order valence-corrected chi connectivity index (χ4v) is 3.07. The third-order valence-electron chi connectivity index (χ3n) is 4.23. The van der Waals surface area contributed by atoms with Crippen LogP contribution in [0.15, 0.2) is 48.5 Å². The summed E-state index contributed by atoms with van der Waals surface area (Å²) in [6.07, 6.45) is 1.10. The topological polar surface area (TPSA) is 53.3 Å². The second-order valence-electron chi connectivity index (χ2n) is 5.58. The van der Waals surface area contributed by atoms with Gasteiger partial charge < -0.3 is 9.64 Å². The van der Waals surface area contributed by atoms with Gasteiger partial charge in [-0.3, -0.25) is 4.79 Å². The largest absolute Gasteiger partial charge is 0.497 e. The highest BCUT2D eigenvalue weighted by molar-refractivity contribution is 5.99. The Balaban J connectivity index is 1.87. The molecule has 4 nitrogen and oxygen atoms in total. The number of methoxy groups -OCH3 is 1. The molecule has 0 N–H and O–H groups in total. The molecule has 1 atom stereocenters. The highest BCUT2D eigenvalue weighted by atomic mass is 16.5. The van der Waals surface area contributed by atoms with E-state index >= 15 is 0 Å². The highest BCUT2D eigenvalue weighted by Crippen LogP contribution is 2.37. The number of amides is 1. The summed E-state index contributed by atoms with van der Waals surface area (Å²) in [7, 11) is 1.63. The van der Waals surface area contributed by atoms with Crippen LogP contribution in [-0.4, -0.2) is 17.9 Å². The van der Waals surface area contributed by atoms with Gasteiger partial charge in [-0.15, -0.1) is 0 Å². The summed E-state index contributed by atoms with van der Waals surface area (Å²) in [5.74, 6) is 0.838. The predicted octanol–water partition coefficient (Wildman–Crippen LogP) is 3.70. The van der Waals surface area contributed by atoms with E-state index in [2.05, 4.69) is 6.07 Å². The Bertz CT molecular complexity index is 747. The maximum absolute atomic E-state index is 12.7. The van der Waals surface area contributed by atoms with Crippen LogP contribution in [0.1, 0.15) is 40.4 Å². The second kappa shape index (κ2) is 6.53. The molecule has 0 spiro atoms. The van der Waals surface area contributed by atoms with Crippen molar-refractivity contribution in [1.29, 1.82) is 5.26 Å². The normalized spacial score (nSPS) is 16.1. The van der Waals surface area contributed by atoms with Crippen molar-refractivity contribution in [3.05, 3.63) is 65.2 Å². The summed E-state index contributed by atoms with van der Waals surface area (Å²) >= 11 is 0. The minimum atomic E-state index is -0.0274. The molecule has 0 saturated carbocycles. The number of fused-ring (bicyclic) bond motifs is 1. The van der Waals surface area contributed by atoms with Gasteiger partial charge in [-0.2, -0.15) is 5.26 Å². The smallest absolute Gasteiger partial charge is 0.255 e. The van der Waals surface area contributed by atoms with Crippen LogP contribution >= 0.6 is 0 Å². The van der Waals surface area contributed by atoms with E-state index in [1.807, 2.05) is 53.4 Å². The molecule has 3 rings (SSSR count). The van der Waals surface area contributed by atoms with Crippen LogP contribution in [0.2, 0.25) is 0 Å². The van der Waals surface area contributed by atoms with Crippen LogP contribution in [0.5, 0.6) is 5.75 Å². The number of carbonyl (C=O) groups excluding carboxylic acids is 1. The Kier molecular flexibility index (Phi) is 4.29. The van der Waals surface area contributed by atoms with E-state index in [4.69, 9.17) is 10.00 Å². The zero-order valence-electron chi connectivity index (χ0n) is 13.0. The Morgan fingerprint density at radius 3 is 2.61 bits per heavy atom. The van der Waals surface area contributed by atoms with Crippen molar-refractivity contribution < 1.29 is 9.53 Å². The standard InChI is InChI=1S/C19H18N2O2/c1-23-15-10-8-14(9-11-15)13-21-18(7-4-12-20)16-5-2-3-6-17(16)19(21)22/h2-3,5-6,8-11,18H,4,7,13H2,1H3. The van der Waals surface area contributed by atoms with E-state index in [0.29, 0.717) is 19.4 Å². The van der Waals surface area contributed by atoms with Gasteiger partial charge in [-0.05, 0) is 35.7 Å². The van der Waals surface area contributed by atoms with Crippen LogP contribution < -0.4 is 4.74 Å². The summed E-state index contributed by atoms with van der Waals surface area (Å²) in [6, 6.07) is 17.6. The molecule has 0 saturated heterocycles. The SMILES string of the molecule is COc1ccc(CN2C(=O)c3ccccc3C2CCC#N)cc1. The molecule has 1 aliphatic rings. The lowest BCUT2D eigenvalue weighted by molar-refractivity contribution is 0.0703. The fourth-order valence-electron chi connectivity index (χ4n) is 3.07. The van der Waals surface area contributed by atoms with Crippen molar-refractivity contribution in [3.8, 4) is 11.8 Å². The molecule has 1 unspecified atom stereocenters. The predicted molar refractivity (Wildman–Crippen MR) is 86.9 cm³/mol. The summed E-state index contributed by atoms with van der Waals surface area (Å²) in [5, 5.41) is 8.91. The lowest BCUT2D eigenvalue weighted by Gasteiger charge is -2.25. The maximum Gasteiger partial charge on any atom is 0.255 e. The first-order valence-corrected chi connectivity index (χ1v) is 7.64. The Morgan fingerprint density at radius 2 is 1.91 bits per heavy atom. The van der Waals surface area contributed by atoms with Gasteiger partial charge in [0.25, 0.3) is 5.91 Å². The van der Waals surface area contributed by atoms with Gasteiger partial charge in [0.1, 0.15) is 5.75 Å². The van der Waals surface area contributed by atoms with Crippen LogP contribution in [-0.2, 0) is 6.54 Å². The maximum atomic E-state index is 12.7. The Morgan fingerprint density at radius 1 is 1.17 bits per heavy atom. The molecule has 0 fully saturated rings. The molecule has 1 aliphatic heterocycles. The van der Waals surface area contributed by atoms with E-state index in [0.717, 1.165) is 22.4 Å². The minimum Gasteiger partial charge on any atom is -0.497 e. The number of rotatable bonds is 5. The van der Waals surface area contributed by atoms with Gasteiger partial charge in [-0.25, -0.2) is 0 Å². The summed E-state index contributed by atoms with van der Waals surface area (Å²) in [6.45, 7) is 0.535.